The zero-order chi connectivity index (χ0) is 13.7. The van der Waals surface area contributed by atoms with E-state index in [9.17, 15) is 14.9 Å². The van der Waals surface area contributed by atoms with Gasteiger partial charge in [-0.05, 0) is 19.9 Å². The number of benzene rings is 1. The van der Waals surface area contributed by atoms with Crippen molar-refractivity contribution in [3.63, 3.8) is 0 Å². The van der Waals surface area contributed by atoms with Crippen LogP contribution in [0.4, 0.5) is 11.4 Å². The third-order valence-electron chi connectivity index (χ3n) is 2.65. The molecule has 98 valence electrons. The molecule has 0 heterocycles. The molecule has 0 aliphatic carbocycles. The molecular formula is C11H16N4O3. The fourth-order valence-electron chi connectivity index (χ4n) is 1.63. The molecule has 0 aliphatic rings. The van der Waals surface area contributed by atoms with E-state index in [0.717, 1.165) is 0 Å². The van der Waals surface area contributed by atoms with E-state index in [1.54, 1.807) is 4.90 Å². The molecule has 7 heteroatoms. The average molecular weight is 252 g/mol. The first-order valence-electron chi connectivity index (χ1n) is 5.59. The number of nitrogen functional groups attached to an aromatic ring is 1. The van der Waals surface area contributed by atoms with Crippen molar-refractivity contribution in [3.05, 3.63) is 33.9 Å². The Bertz CT molecular complexity index is 458. The van der Waals surface area contributed by atoms with Gasteiger partial charge in [0.15, 0.2) is 0 Å². The van der Waals surface area contributed by atoms with Crippen LogP contribution in [0.1, 0.15) is 24.2 Å². The Balaban J connectivity index is 3.23. The summed E-state index contributed by atoms with van der Waals surface area (Å²) in [5.74, 6) is 5.03. The zero-order valence-corrected chi connectivity index (χ0v) is 10.3. The number of nitro groups is 1. The highest BCUT2D eigenvalue weighted by molar-refractivity contribution is 6.00. The summed E-state index contributed by atoms with van der Waals surface area (Å²) in [6.45, 7) is 4.74. The molecule has 1 rings (SSSR count). The lowest BCUT2D eigenvalue weighted by molar-refractivity contribution is -0.384. The van der Waals surface area contributed by atoms with Crippen molar-refractivity contribution in [2.75, 3.05) is 18.5 Å². The lowest BCUT2D eigenvalue weighted by Gasteiger charge is -2.20. The van der Waals surface area contributed by atoms with Crippen LogP contribution in [-0.2, 0) is 0 Å². The number of nitro benzene ring substituents is 1. The molecule has 0 aromatic heterocycles. The summed E-state index contributed by atoms with van der Waals surface area (Å²) in [6.07, 6.45) is 0. The molecule has 0 saturated carbocycles. The van der Waals surface area contributed by atoms with Crippen LogP contribution in [0, 0.1) is 10.1 Å². The second kappa shape index (κ2) is 5.97. The lowest BCUT2D eigenvalue weighted by atomic mass is 10.1. The molecule has 1 amide bonds. The number of hydrazine groups is 1. The summed E-state index contributed by atoms with van der Waals surface area (Å²) in [5, 5.41) is 10.7. The molecule has 1 aromatic rings. The standard InChI is InChI=1S/C11H16N4O3/c1-3-14(4-2)11(16)9-7-8(15(17)18)5-6-10(9)13-12/h5-7,13H,3-4,12H2,1-2H3. The summed E-state index contributed by atoms with van der Waals surface area (Å²) >= 11 is 0. The van der Waals surface area contributed by atoms with E-state index in [1.165, 1.54) is 18.2 Å². The van der Waals surface area contributed by atoms with Gasteiger partial charge in [-0.25, -0.2) is 0 Å². The Morgan fingerprint density at radius 3 is 2.50 bits per heavy atom. The van der Waals surface area contributed by atoms with Crippen LogP contribution in [0.3, 0.4) is 0 Å². The van der Waals surface area contributed by atoms with Crippen LogP contribution < -0.4 is 11.3 Å². The van der Waals surface area contributed by atoms with Gasteiger partial charge in [-0.1, -0.05) is 0 Å². The molecule has 7 nitrogen and oxygen atoms in total. The number of anilines is 1. The molecular weight excluding hydrogens is 236 g/mol. The van der Waals surface area contributed by atoms with Gasteiger partial charge in [0, 0.05) is 25.2 Å². The maximum Gasteiger partial charge on any atom is 0.270 e. The number of nitrogens with zero attached hydrogens (tertiary/aromatic N) is 2. The highest BCUT2D eigenvalue weighted by Crippen LogP contribution is 2.22. The van der Waals surface area contributed by atoms with Gasteiger partial charge in [-0.15, -0.1) is 0 Å². The fraction of sp³-hybridized carbons (Fsp3) is 0.364. The minimum atomic E-state index is -0.542. The van der Waals surface area contributed by atoms with Crippen LogP contribution in [0.15, 0.2) is 18.2 Å². The summed E-state index contributed by atoms with van der Waals surface area (Å²) in [5.41, 5.74) is 2.82. The van der Waals surface area contributed by atoms with E-state index in [2.05, 4.69) is 5.43 Å². The lowest BCUT2D eigenvalue weighted by Crippen LogP contribution is -2.31. The molecule has 0 bridgehead atoms. The molecule has 1 aromatic carbocycles. The van der Waals surface area contributed by atoms with E-state index >= 15 is 0 Å². The molecule has 3 N–H and O–H groups in total. The first-order valence-corrected chi connectivity index (χ1v) is 5.59. The van der Waals surface area contributed by atoms with Gasteiger partial charge in [0.1, 0.15) is 0 Å². The maximum atomic E-state index is 12.2. The van der Waals surface area contributed by atoms with Gasteiger partial charge in [0.25, 0.3) is 11.6 Å². The average Bonchev–Trinajstić information content (AvgIpc) is 2.39. The Morgan fingerprint density at radius 1 is 1.44 bits per heavy atom. The normalized spacial score (nSPS) is 9.94. The van der Waals surface area contributed by atoms with E-state index in [1.807, 2.05) is 13.8 Å². The molecule has 0 fully saturated rings. The zero-order valence-electron chi connectivity index (χ0n) is 10.3. The number of carbonyl (C=O) groups is 1. The van der Waals surface area contributed by atoms with Crippen molar-refractivity contribution in [1.29, 1.82) is 0 Å². The summed E-state index contributed by atoms with van der Waals surface area (Å²) in [6, 6.07) is 3.96. The molecule has 0 saturated heterocycles. The van der Waals surface area contributed by atoms with Crippen molar-refractivity contribution < 1.29 is 9.72 Å². The van der Waals surface area contributed by atoms with E-state index < -0.39 is 4.92 Å². The highest BCUT2D eigenvalue weighted by atomic mass is 16.6. The maximum absolute atomic E-state index is 12.2. The predicted molar refractivity (Wildman–Crippen MR) is 68.2 cm³/mol. The smallest absolute Gasteiger partial charge is 0.270 e. The van der Waals surface area contributed by atoms with Gasteiger partial charge in [0.05, 0.1) is 16.2 Å². The SMILES string of the molecule is CCN(CC)C(=O)c1cc([N+](=O)[O-])ccc1NN. The number of rotatable bonds is 5. The Hall–Kier alpha value is -2.15. The number of nitrogens with two attached hydrogens (primary N) is 1. The highest BCUT2D eigenvalue weighted by Gasteiger charge is 2.19. The van der Waals surface area contributed by atoms with Crippen LogP contribution in [-0.4, -0.2) is 28.8 Å². The van der Waals surface area contributed by atoms with Crippen LogP contribution >= 0.6 is 0 Å². The third-order valence-corrected chi connectivity index (χ3v) is 2.65. The van der Waals surface area contributed by atoms with Crippen molar-refractivity contribution in [3.8, 4) is 0 Å². The minimum absolute atomic E-state index is 0.135. The molecule has 0 unspecified atom stereocenters. The molecule has 0 spiro atoms. The number of carbonyl (C=O) groups excluding carboxylic acids is 1. The topological polar surface area (TPSA) is 102 Å². The summed E-state index contributed by atoms with van der Waals surface area (Å²) < 4.78 is 0. The molecule has 18 heavy (non-hydrogen) atoms. The molecule has 0 radical (unpaired) electrons. The van der Waals surface area contributed by atoms with Gasteiger partial charge in [0.2, 0.25) is 0 Å². The predicted octanol–water partition coefficient (Wildman–Crippen LogP) is 1.36. The third kappa shape index (κ3) is 2.75. The number of amides is 1. The number of nitrogens with one attached hydrogen (secondary N) is 1. The number of hydrogen-bond donors (Lipinski definition) is 2. The van der Waals surface area contributed by atoms with Crippen LogP contribution in [0.5, 0.6) is 0 Å². The second-order valence-electron chi connectivity index (χ2n) is 3.61. The van der Waals surface area contributed by atoms with Crippen molar-refractivity contribution in [2.24, 2.45) is 5.84 Å². The minimum Gasteiger partial charge on any atom is -0.339 e. The van der Waals surface area contributed by atoms with Gasteiger partial charge >= 0.3 is 0 Å². The number of non-ortho nitro benzene ring substituents is 1. The van der Waals surface area contributed by atoms with Gasteiger partial charge in [-0.2, -0.15) is 0 Å². The quantitative estimate of drug-likeness (QED) is 0.468. The Morgan fingerprint density at radius 2 is 2.06 bits per heavy atom. The van der Waals surface area contributed by atoms with Crippen molar-refractivity contribution in [1.82, 2.24) is 4.90 Å². The molecule has 0 atom stereocenters. The fourth-order valence-corrected chi connectivity index (χ4v) is 1.63. The first-order chi connectivity index (χ1) is 8.54. The van der Waals surface area contributed by atoms with E-state index in [0.29, 0.717) is 18.8 Å². The van der Waals surface area contributed by atoms with Crippen molar-refractivity contribution >= 4 is 17.3 Å². The van der Waals surface area contributed by atoms with Crippen LogP contribution in [0.25, 0.3) is 0 Å². The summed E-state index contributed by atoms with van der Waals surface area (Å²) in [4.78, 5) is 23.9. The van der Waals surface area contributed by atoms with E-state index in [-0.39, 0.29) is 17.2 Å². The monoisotopic (exact) mass is 252 g/mol. The molecule has 0 aliphatic heterocycles. The van der Waals surface area contributed by atoms with Crippen molar-refractivity contribution in [2.45, 2.75) is 13.8 Å². The Kier molecular flexibility index (Phi) is 4.61. The van der Waals surface area contributed by atoms with E-state index in [4.69, 9.17) is 5.84 Å². The second-order valence-corrected chi connectivity index (χ2v) is 3.61. The number of hydrogen-bond acceptors (Lipinski definition) is 5. The summed E-state index contributed by atoms with van der Waals surface area (Å²) in [7, 11) is 0. The van der Waals surface area contributed by atoms with Crippen LogP contribution in [0.2, 0.25) is 0 Å². The first kappa shape index (κ1) is 13.9. The largest absolute Gasteiger partial charge is 0.339 e. The Labute approximate surface area is 105 Å². The van der Waals surface area contributed by atoms with Gasteiger partial charge in [-0.3, -0.25) is 20.8 Å². The van der Waals surface area contributed by atoms with Gasteiger partial charge < -0.3 is 10.3 Å².